The smallest absolute Gasteiger partial charge is 0.359 e. The molecule has 0 aromatic heterocycles. The summed E-state index contributed by atoms with van der Waals surface area (Å²) in [6.07, 6.45) is 0.928. The molecule has 1 heterocycles. The van der Waals surface area contributed by atoms with Gasteiger partial charge in [0.15, 0.2) is 11.8 Å². The molecule has 1 N–H and O–H groups in total. The number of hydrogen-bond donors (Lipinski definition) is 1. The van der Waals surface area contributed by atoms with Crippen LogP contribution in [0.25, 0.3) is 0 Å². The predicted molar refractivity (Wildman–Crippen MR) is 63.6 cm³/mol. The lowest BCUT2D eigenvalue weighted by Crippen LogP contribution is -2.34. The van der Waals surface area contributed by atoms with E-state index in [-0.39, 0.29) is 12.3 Å². The highest BCUT2D eigenvalue weighted by atomic mass is 16.7. The highest BCUT2D eigenvalue weighted by Gasteiger charge is 2.36. The quantitative estimate of drug-likeness (QED) is 0.564. The molecule has 0 saturated carbocycles. The molecular formula is C12H19NO4. The molecule has 0 radical (unpaired) electrons. The molecule has 1 aliphatic heterocycles. The molecule has 96 valence electrons. The largest absolute Gasteiger partial charge is 0.461 e. The number of ether oxygens (including phenoxy) is 1. The lowest BCUT2D eigenvalue weighted by Gasteiger charge is -2.12. The highest BCUT2D eigenvalue weighted by Crippen LogP contribution is 2.19. The van der Waals surface area contributed by atoms with Crippen molar-refractivity contribution in [3.05, 3.63) is 12.2 Å². The topological polar surface area (TPSA) is 68.1 Å². The van der Waals surface area contributed by atoms with Crippen LogP contribution in [0.15, 0.2) is 17.3 Å². The van der Waals surface area contributed by atoms with E-state index < -0.39 is 18.2 Å². The number of aliphatic hydroxyl groups excluding tert-OH is 1. The number of aliphatic hydroxyl groups is 1. The van der Waals surface area contributed by atoms with E-state index in [4.69, 9.17) is 9.57 Å². The molecule has 5 nitrogen and oxygen atoms in total. The van der Waals surface area contributed by atoms with Crippen molar-refractivity contribution < 1.29 is 19.5 Å². The lowest BCUT2D eigenvalue weighted by molar-refractivity contribution is -0.135. The summed E-state index contributed by atoms with van der Waals surface area (Å²) in [5.74, 6) is -0.609. The van der Waals surface area contributed by atoms with E-state index in [1.54, 1.807) is 6.92 Å². The second-order valence-electron chi connectivity index (χ2n) is 4.14. The van der Waals surface area contributed by atoms with Crippen LogP contribution in [0.4, 0.5) is 0 Å². The Morgan fingerprint density at radius 2 is 2.35 bits per heavy atom. The minimum Gasteiger partial charge on any atom is -0.461 e. The summed E-state index contributed by atoms with van der Waals surface area (Å²) in [5, 5.41) is 13.4. The number of carbonyl (C=O) groups excluding carboxylic acids is 1. The van der Waals surface area contributed by atoms with Gasteiger partial charge in [-0.2, -0.15) is 0 Å². The summed E-state index contributed by atoms with van der Waals surface area (Å²) in [5.41, 5.74) is 1.05. The predicted octanol–water partition coefficient (Wildman–Crippen LogP) is 1.41. The van der Waals surface area contributed by atoms with E-state index in [2.05, 4.69) is 11.7 Å². The van der Waals surface area contributed by atoms with Gasteiger partial charge >= 0.3 is 5.97 Å². The molecular weight excluding hydrogens is 222 g/mol. The van der Waals surface area contributed by atoms with Gasteiger partial charge in [-0.3, -0.25) is 0 Å². The van der Waals surface area contributed by atoms with Crippen molar-refractivity contribution in [1.29, 1.82) is 0 Å². The second-order valence-corrected chi connectivity index (χ2v) is 4.14. The Labute approximate surface area is 101 Å². The van der Waals surface area contributed by atoms with Crippen LogP contribution in [0.3, 0.4) is 0 Å². The monoisotopic (exact) mass is 241 g/mol. The Bertz CT molecular complexity index is 324. The van der Waals surface area contributed by atoms with Gasteiger partial charge in [0.2, 0.25) is 0 Å². The van der Waals surface area contributed by atoms with Crippen molar-refractivity contribution in [3.63, 3.8) is 0 Å². The van der Waals surface area contributed by atoms with Gasteiger partial charge in [-0.1, -0.05) is 10.7 Å². The molecule has 1 rings (SSSR count). The molecule has 2 atom stereocenters. The standard InChI is InChI=1S/C12H19NO4/c1-4-16-12(15)10-11(14)9(17-13-10)7-5-6-8(2)3/h9,11,14H,2,4-7H2,1,3H3/t9-,11+/m0/s1. The summed E-state index contributed by atoms with van der Waals surface area (Å²) in [7, 11) is 0. The van der Waals surface area contributed by atoms with Gasteiger partial charge in [-0.05, 0) is 33.1 Å². The van der Waals surface area contributed by atoms with Gasteiger partial charge < -0.3 is 14.7 Å². The third-order valence-corrected chi connectivity index (χ3v) is 2.50. The number of esters is 1. The fourth-order valence-corrected chi connectivity index (χ4v) is 1.59. The second kappa shape index (κ2) is 6.39. The summed E-state index contributed by atoms with van der Waals surface area (Å²) in [6.45, 7) is 7.70. The molecule has 1 aliphatic rings. The van der Waals surface area contributed by atoms with Gasteiger partial charge in [0.05, 0.1) is 6.61 Å². The van der Waals surface area contributed by atoms with Crippen molar-refractivity contribution in [2.45, 2.75) is 45.3 Å². The third kappa shape index (κ3) is 3.85. The first kappa shape index (κ1) is 13.7. The molecule has 0 unspecified atom stereocenters. The highest BCUT2D eigenvalue weighted by molar-refractivity contribution is 6.38. The summed E-state index contributed by atoms with van der Waals surface area (Å²) >= 11 is 0. The van der Waals surface area contributed by atoms with Gasteiger partial charge in [0.1, 0.15) is 6.10 Å². The molecule has 17 heavy (non-hydrogen) atoms. The normalized spacial score (nSPS) is 22.9. The molecule has 0 amide bonds. The van der Waals surface area contributed by atoms with Gasteiger partial charge in [0, 0.05) is 0 Å². The number of allylic oxidation sites excluding steroid dienone is 1. The summed E-state index contributed by atoms with van der Waals surface area (Å²) in [6, 6.07) is 0. The average molecular weight is 241 g/mol. The fraction of sp³-hybridized carbons (Fsp3) is 0.667. The molecule has 0 spiro atoms. The molecule has 0 aromatic rings. The average Bonchev–Trinajstić information content (AvgIpc) is 2.60. The zero-order chi connectivity index (χ0) is 12.8. The number of hydrogen-bond acceptors (Lipinski definition) is 5. The van der Waals surface area contributed by atoms with E-state index in [0.717, 1.165) is 18.4 Å². The molecule has 0 fully saturated rings. The first-order valence-corrected chi connectivity index (χ1v) is 5.79. The third-order valence-electron chi connectivity index (χ3n) is 2.50. The molecule has 0 aromatic carbocycles. The Morgan fingerprint density at radius 3 is 2.94 bits per heavy atom. The van der Waals surface area contributed by atoms with Gasteiger partial charge in [-0.25, -0.2) is 4.79 Å². The molecule has 0 saturated heterocycles. The summed E-state index contributed by atoms with van der Waals surface area (Å²) < 4.78 is 4.76. The number of oxime groups is 1. The van der Waals surface area contributed by atoms with E-state index in [0.29, 0.717) is 6.42 Å². The van der Waals surface area contributed by atoms with Crippen LogP contribution in [0.2, 0.25) is 0 Å². The Morgan fingerprint density at radius 1 is 1.65 bits per heavy atom. The van der Waals surface area contributed by atoms with Gasteiger partial charge in [0.25, 0.3) is 0 Å². The van der Waals surface area contributed by atoms with Crippen molar-refractivity contribution in [2.75, 3.05) is 6.61 Å². The van der Waals surface area contributed by atoms with Crippen LogP contribution in [0.1, 0.15) is 33.1 Å². The number of rotatable bonds is 6. The van der Waals surface area contributed by atoms with E-state index in [9.17, 15) is 9.90 Å². The molecule has 0 bridgehead atoms. The minimum absolute atomic E-state index is 0.0350. The van der Waals surface area contributed by atoms with E-state index >= 15 is 0 Å². The fourth-order valence-electron chi connectivity index (χ4n) is 1.59. The maximum atomic E-state index is 11.4. The van der Waals surface area contributed by atoms with Crippen LogP contribution >= 0.6 is 0 Å². The zero-order valence-corrected chi connectivity index (χ0v) is 10.3. The maximum Gasteiger partial charge on any atom is 0.359 e. The Balaban J connectivity index is 2.39. The van der Waals surface area contributed by atoms with E-state index in [1.807, 2.05) is 6.92 Å². The Hall–Kier alpha value is -1.36. The molecule has 5 heteroatoms. The first-order valence-electron chi connectivity index (χ1n) is 5.79. The van der Waals surface area contributed by atoms with Crippen LogP contribution in [0.5, 0.6) is 0 Å². The van der Waals surface area contributed by atoms with Crippen LogP contribution in [0, 0.1) is 0 Å². The Kier molecular flexibility index (Phi) is 5.15. The zero-order valence-electron chi connectivity index (χ0n) is 10.3. The van der Waals surface area contributed by atoms with Crippen LogP contribution in [-0.2, 0) is 14.4 Å². The van der Waals surface area contributed by atoms with Crippen molar-refractivity contribution in [2.24, 2.45) is 5.16 Å². The maximum absolute atomic E-state index is 11.4. The first-order chi connectivity index (χ1) is 8.06. The lowest BCUT2D eigenvalue weighted by atomic mass is 10.0. The summed E-state index contributed by atoms with van der Waals surface area (Å²) in [4.78, 5) is 16.4. The number of nitrogens with zero attached hydrogens (tertiary/aromatic N) is 1. The van der Waals surface area contributed by atoms with E-state index in [1.165, 1.54) is 0 Å². The van der Waals surface area contributed by atoms with Crippen molar-refractivity contribution in [3.8, 4) is 0 Å². The number of carbonyl (C=O) groups is 1. The van der Waals surface area contributed by atoms with Crippen molar-refractivity contribution in [1.82, 2.24) is 0 Å². The SMILES string of the molecule is C=C(C)CCC[C@@H]1ON=C(C(=O)OCC)[C@@H]1O. The molecule has 0 aliphatic carbocycles. The van der Waals surface area contributed by atoms with Crippen molar-refractivity contribution >= 4 is 11.7 Å². The van der Waals surface area contributed by atoms with Crippen LogP contribution < -0.4 is 0 Å². The van der Waals surface area contributed by atoms with Gasteiger partial charge in [-0.15, -0.1) is 6.58 Å². The minimum atomic E-state index is -0.987. The van der Waals surface area contributed by atoms with Crippen LogP contribution in [-0.4, -0.2) is 35.6 Å².